The maximum absolute atomic E-state index is 12.7. The molecule has 1 heterocycles. The highest BCUT2D eigenvalue weighted by Gasteiger charge is 2.20. The zero-order valence-electron chi connectivity index (χ0n) is 19.7. The van der Waals surface area contributed by atoms with Gasteiger partial charge in [0.1, 0.15) is 17.9 Å². The van der Waals surface area contributed by atoms with Gasteiger partial charge in [-0.15, -0.1) is 0 Å². The SMILES string of the molecule is CCc1ccc(Nc2cc(C)ncn2)cc1NC(=O)COc1ccc(C)cc1C(C)(C)C. The summed E-state index contributed by atoms with van der Waals surface area (Å²) in [5.41, 5.74) is 5.71. The van der Waals surface area contributed by atoms with Gasteiger partial charge in [-0.05, 0) is 55.0 Å². The van der Waals surface area contributed by atoms with Crippen molar-refractivity contribution in [2.24, 2.45) is 0 Å². The molecule has 0 spiro atoms. The Hall–Kier alpha value is -3.41. The van der Waals surface area contributed by atoms with E-state index < -0.39 is 0 Å². The van der Waals surface area contributed by atoms with E-state index >= 15 is 0 Å². The maximum atomic E-state index is 12.7. The van der Waals surface area contributed by atoms with Crippen LogP contribution in [0.1, 0.15) is 50.1 Å². The minimum absolute atomic E-state index is 0.0575. The first-order valence-electron chi connectivity index (χ1n) is 10.9. The number of aryl methyl sites for hydroxylation is 3. The third-order valence-corrected chi connectivity index (χ3v) is 5.14. The standard InChI is InChI=1S/C26H32N4O2/c1-7-19-9-10-20(29-24-13-18(3)27-16-28-24)14-22(19)30-25(31)15-32-23-11-8-17(2)12-21(23)26(4,5)6/h8-14,16H,7,15H2,1-6H3,(H,30,31)(H,27,28,29). The first-order chi connectivity index (χ1) is 15.2. The van der Waals surface area contributed by atoms with Gasteiger partial charge in [0.2, 0.25) is 0 Å². The van der Waals surface area contributed by atoms with E-state index in [0.717, 1.165) is 40.4 Å². The Morgan fingerprint density at radius 2 is 1.81 bits per heavy atom. The van der Waals surface area contributed by atoms with E-state index in [1.165, 1.54) is 11.9 Å². The van der Waals surface area contributed by atoms with Gasteiger partial charge >= 0.3 is 0 Å². The van der Waals surface area contributed by atoms with Crippen molar-refractivity contribution in [2.45, 2.75) is 53.4 Å². The number of amides is 1. The molecule has 0 unspecified atom stereocenters. The summed E-state index contributed by atoms with van der Waals surface area (Å²) in [7, 11) is 0. The van der Waals surface area contributed by atoms with Crippen LogP contribution in [0, 0.1) is 13.8 Å². The Balaban J connectivity index is 1.72. The van der Waals surface area contributed by atoms with Gasteiger partial charge in [-0.1, -0.05) is 51.5 Å². The fourth-order valence-electron chi connectivity index (χ4n) is 3.44. The molecule has 3 rings (SSSR count). The van der Waals surface area contributed by atoms with Gasteiger partial charge in [0.05, 0.1) is 0 Å². The zero-order chi connectivity index (χ0) is 23.3. The summed E-state index contributed by atoms with van der Waals surface area (Å²) in [6.07, 6.45) is 2.32. The summed E-state index contributed by atoms with van der Waals surface area (Å²) < 4.78 is 5.92. The smallest absolute Gasteiger partial charge is 0.262 e. The molecule has 0 radical (unpaired) electrons. The van der Waals surface area contributed by atoms with Crippen LogP contribution in [-0.2, 0) is 16.6 Å². The van der Waals surface area contributed by atoms with Gasteiger partial charge in [-0.2, -0.15) is 0 Å². The van der Waals surface area contributed by atoms with E-state index in [4.69, 9.17) is 4.74 Å². The summed E-state index contributed by atoms with van der Waals surface area (Å²) in [6, 6.07) is 13.8. The van der Waals surface area contributed by atoms with Crippen molar-refractivity contribution in [3.63, 3.8) is 0 Å². The summed E-state index contributed by atoms with van der Waals surface area (Å²) in [6.45, 7) is 12.4. The molecule has 0 bridgehead atoms. The van der Waals surface area contributed by atoms with E-state index in [1.54, 1.807) is 0 Å². The van der Waals surface area contributed by atoms with Crippen LogP contribution in [0.5, 0.6) is 5.75 Å². The first-order valence-corrected chi connectivity index (χ1v) is 10.9. The van der Waals surface area contributed by atoms with Crippen LogP contribution < -0.4 is 15.4 Å². The molecule has 1 amide bonds. The van der Waals surface area contributed by atoms with E-state index in [2.05, 4.69) is 61.3 Å². The number of carbonyl (C=O) groups is 1. The van der Waals surface area contributed by atoms with Crippen LogP contribution in [0.2, 0.25) is 0 Å². The molecule has 2 aromatic carbocycles. The topological polar surface area (TPSA) is 76.1 Å². The van der Waals surface area contributed by atoms with Crippen LogP contribution in [0.25, 0.3) is 0 Å². The quantitative estimate of drug-likeness (QED) is 0.500. The third-order valence-electron chi connectivity index (χ3n) is 5.14. The first kappa shape index (κ1) is 23.3. The number of anilines is 3. The number of nitrogens with one attached hydrogen (secondary N) is 2. The van der Waals surface area contributed by atoms with E-state index in [9.17, 15) is 4.79 Å². The monoisotopic (exact) mass is 432 g/mol. The minimum Gasteiger partial charge on any atom is -0.483 e. The lowest BCUT2D eigenvalue weighted by Crippen LogP contribution is -2.22. The van der Waals surface area contributed by atoms with Crippen molar-refractivity contribution in [2.75, 3.05) is 17.2 Å². The second kappa shape index (κ2) is 9.81. The molecular weight excluding hydrogens is 400 g/mol. The van der Waals surface area contributed by atoms with Gasteiger partial charge in [0.15, 0.2) is 6.61 Å². The van der Waals surface area contributed by atoms with Crippen LogP contribution in [0.4, 0.5) is 17.2 Å². The maximum Gasteiger partial charge on any atom is 0.262 e. The average Bonchev–Trinajstić information content (AvgIpc) is 2.72. The highest BCUT2D eigenvalue weighted by molar-refractivity contribution is 5.93. The highest BCUT2D eigenvalue weighted by Crippen LogP contribution is 2.32. The third kappa shape index (κ3) is 6.06. The summed E-state index contributed by atoms with van der Waals surface area (Å²) in [5.74, 6) is 1.25. The van der Waals surface area contributed by atoms with Crippen LogP contribution in [0.15, 0.2) is 48.8 Å². The Bertz CT molecular complexity index is 1100. The molecule has 1 aromatic heterocycles. The molecule has 0 saturated carbocycles. The van der Waals surface area contributed by atoms with Crippen molar-refractivity contribution in [1.82, 2.24) is 9.97 Å². The molecule has 32 heavy (non-hydrogen) atoms. The van der Waals surface area contributed by atoms with Crippen molar-refractivity contribution >= 4 is 23.1 Å². The van der Waals surface area contributed by atoms with E-state index in [1.807, 2.05) is 43.3 Å². The Labute approximate surface area is 190 Å². The predicted molar refractivity (Wildman–Crippen MR) is 130 cm³/mol. The van der Waals surface area contributed by atoms with Crippen molar-refractivity contribution in [3.05, 3.63) is 71.2 Å². The number of ether oxygens (including phenoxy) is 1. The van der Waals surface area contributed by atoms with Crippen molar-refractivity contribution < 1.29 is 9.53 Å². The summed E-state index contributed by atoms with van der Waals surface area (Å²) in [4.78, 5) is 21.1. The van der Waals surface area contributed by atoms with Gasteiger partial charge in [-0.3, -0.25) is 4.79 Å². The highest BCUT2D eigenvalue weighted by atomic mass is 16.5. The molecule has 168 valence electrons. The largest absolute Gasteiger partial charge is 0.483 e. The fraction of sp³-hybridized carbons (Fsp3) is 0.346. The molecule has 0 saturated heterocycles. The summed E-state index contributed by atoms with van der Waals surface area (Å²) in [5, 5.41) is 6.27. The molecular formula is C26H32N4O2. The number of rotatable bonds is 7. The van der Waals surface area contributed by atoms with Crippen molar-refractivity contribution in [1.29, 1.82) is 0 Å². The molecule has 0 fully saturated rings. The molecule has 6 heteroatoms. The number of aromatic nitrogens is 2. The zero-order valence-corrected chi connectivity index (χ0v) is 19.7. The lowest BCUT2D eigenvalue weighted by molar-refractivity contribution is -0.118. The second-order valence-corrected chi connectivity index (χ2v) is 8.98. The molecule has 0 atom stereocenters. The lowest BCUT2D eigenvalue weighted by atomic mass is 9.85. The number of hydrogen-bond acceptors (Lipinski definition) is 5. The molecule has 0 aliphatic carbocycles. The lowest BCUT2D eigenvalue weighted by Gasteiger charge is -2.23. The Morgan fingerprint density at radius 1 is 1.03 bits per heavy atom. The van der Waals surface area contributed by atoms with Gasteiger partial charge < -0.3 is 15.4 Å². The Kier molecular flexibility index (Phi) is 7.13. The molecule has 2 N–H and O–H groups in total. The number of hydrogen-bond donors (Lipinski definition) is 2. The molecule has 6 nitrogen and oxygen atoms in total. The predicted octanol–water partition coefficient (Wildman–Crippen LogP) is 5.71. The molecule has 3 aromatic rings. The van der Waals surface area contributed by atoms with Crippen LogP contribution in [-0.4, -0.2) is 22.5 Å². The van der Waals surface area contributed by atoms with Gasteiger partial charge in [-0.25, -0.2) is 9.97 Å². The minimum atomic E-state index is -0.199. The fourth-order valence-corrected chi connectivity index (χ4v) is 3.44. The number of nitrogens with zero attached hydrogens (tertiary/aromatic N) is 2. The average molecular weight is 433 g/mol. The van der Waals surface area contributed by atoms with Crippen molar-refractivity contribution in [3.8, 4) is 5.75 Å². The second-order valence-electron chi connectivity index (χ2n) is 8.98. The van der Waals surface area contributed by atoms with E-state index in [0.29, 0.717) is 5.82 Å². The van der Waals surface area contributed by atoms with E-state index in [-0.39, 0.29) is 17.9 Å². The van der Waals surface area contributed by atoms with Gasteiger partial charge in [0.25, 0.3) is 5.91 Å². The van der Waals surface area contributed by atoms with Crippen LogP contribution >= 0.6 is 0 Å². The van der Waals surface area contributed by atoms with Gasteiger partial charge in [0, 0.05) is 23.1 Å². The normalized spacial score (nSPS) is 11.2. The Morgan fingerprint density at radius 3 is 2.50 bits per heavy atom. The number of benzene rings is 2. The van der Waals surface area contributed by atoms with Crippen LogP contribution in [0.3, 0.4) is 0 Å². The summed E-state index contributed by atoms with van der Waals surface area (Å²) >= 11 is 0. The molecule has 0 aliphatic rings. The number of carbonyl (C=O) groups excluding carboxylic acids is 1. The molecule has 0 aliphatic heterocycles.